The second kappa shape index (κ2) is 11.5. The SMILES string of the molecule is Cc1cccc(CN=C(NCC(=O)N(C)C)NCc2ccccc2)c1.I. The molecule has 1 amide bonds. The lowest BCUT2D eigenvalue weighted by Gasteiger charge is -2.15. The zero-order valence-corrected chi connectivity index (χ0v) is 17.9. The number of aliphatic imine (C=N–C) groups is 1. The summed E-state index contributed by atoms with van der Waals surface area (Å²) in [6.07, 6.45) is 0. The van der Waals surface area contributed by atoms with Crippen LogP contribution in [-0.2, 0) is 17.9 Å². The summed E-state index contributed by atoms with van der Waals surface area (Å²) in [7, 11) is 3.48. The Kier molecular flexibility index (Phi) is 9.72. The summed E-state index contributed by atoms with van der Waals surface area (Å²) in [6.45, 7) is 3.48. The third-order valence-electron chi connectivity index (χ3n) is 3.71. The highest BCUT2D eigenvalue weighted by molar-refractivity contribution is 14.0. The molecule has 0 heterocycles. The first-order valence-corrected chi connectivity index (χ1v) is 8.36. The largest absolute Gasteiger partial charge is 0.352 e. The minimum Gasteiger partial charge on any atom is -0.352 e. The number of aryl methyl sites for hydroxylation is 1. The number of guanidine groups is 1. The molecule has 26 heavy (non-hydrogen) atoms. The lowest BCUT2D eigenvalue weighted by Crippen LogP contribution is -2.42. The van der Waals surface area contributed by atoms with E-state index in [1.54, 1.807) is 19.0 Å². The molecule has 0 bridgehead atoms. The molecule has 140 valence electrons. The molecule has 2 rings (SSSR count). The van der Waals surface area contributed by atoms with Gasteiger partial charge in [-0.1, -0.05) is 60.2 Å². The van der Waals surface area contributed by atoms with E-state index in [1.807, 2.05) is 24.3 Å². The normalized spacial score (nSPS) is 10.7. The van der Waals surface area contributed by atoms with E-state index in [0.717, 1.165) is 11.1 Å². The lowest BCUT2D eigenvalue weighted by atomic mass is 10.1. The Hall–Kier alpha value is -2.09. The molecule has 5 nitrogen and oxygen atoms in total. The number of amides is 1. The minimum atomic E-state index is 0. The van der Waals surface area contributed by atoms with Gasteiger partial charge in [-0.25, -0.2) is 4.99 Å². The number of hydrogen-bond donors (Lipinski definition) is 2. The predicted molar refractivity (Wildman–Crippen MR) is 118 cm³/mol. The van der Waals surface area contributed by atoms with E-state index in [2.05, 4.69) is 52.9 Å². The number of carbonyl (C=O) groups is 1. The molecule has 2 aromatic carbocycles. The first-order valence-electron chi connectivity index (χ1n) is 8.36. The fourth-order valence-electron chi connectivity index (χ4n) is 2.25. The molecule has 0 aliphatic heterocycles. The van der Waals surface area contributed by atoms with Crippen molar-refractivity contribution in [1.29, 1.82) is 0 Å². The smallest absolute Gasteiger partial charge is 0.241 e. The van der Waals surface area contributed by atoms with Crippen molar-refractivity contribution >= 4 is 35.8 Å². The van der Waals surface area contributed by atoms with Gasteiger partial charge in [-0.2, -0.15) is 0 Å². The zero-order valence-electron chi connectivity index (χ0n) is 15.5. The van der Waals surface area contributed by atoms with Crippen LogP contribution < -0.4 is 10.6 Å². The predicted octanol–water partition coefficient (Wildman–Crippen LogP) is 2.94. The van der Waals surface area contributed by atoms with Gasteiger partial charge in [0.05, 0.1) is 13.1 Å². The second-order valence-corrected chi connectivity index (χ2v) is 6.13. The van der Waals surface area contributed by atoms with Crippen LogP contribution in [0.15, 0.2) is 59.6 Å². The standard InChI is InChI=1S/C20H26N4O.HI/c1-16-8-7-11-18(12-16)14-22-20(23-15-19(25)24(2)3)21-13-17-9-5-4-6-10-17;/h4-12H,13-15H2,1-3H3,(H2,21,22,23);1H. The topological polar surface area (TPSA) is 56.7 Å². The lowest BCUT2D eigenvalue weighted by molar-refractivity contribution is -0.127. The molecule has 0 spiro atoms. The maximum atomic E-state index is 11.8. The molecule has 0 saturated carbocycles. The van der Waals surface area contributed by atoms with Crippen LogP contribution >= 0.6 is 24.0 Å². The van der Waals surface area contributed by atoms with Crippen molar-refractivity contribution in [3.05, 3.63) is 71.3 Å². The van der Waals surface area contributed by atoms with Crippen molar-refractivity contribution < 1.29 is 4.79 Å². The number of carbonyl (C=O) groups excluding carboxylic acids is 1. The summed E-state index contributed by atoms with van der Waals surface area (Å²) in [6, 6.07) is 18.4. The van der Waals surface area contributed by atoms with Gasteiger partial charge in [0.2, 0.25) is 5.91 Å². The van der Waals surface area contributed by atoms with Crippen LogP contribution in [-0.4, -0.2) is 37.4 Å². The number of halogens is 1. The summed E-state index contributed by atoms with van der Waals surface area (Å²) in [5, 5.41) is 6.39. The molecular weight excluding hydrogens is 439 g/mol. The van der Waals surface area contributed by atoms with Crippen molar-refractivity contribution in [3.8, 4) is 0 Å². The van der Waals surface area contributed by atoms with Crippen LogP contribution in [0, 0.1) is 6.92 Å². The van der Waals surface area contributed by atoms with E-state index in [9.17, 15) is 4.79 Å². The Bertz CT molecular complexity index is 717. The number of likely N-dealkylation sites (N-methyl/N-ethyl adjacent to an activating group) is 1. The van der Waals surface area contributed by atoms with Gasteiger partial charge in [0.1, 0.15) is 0 Å². The Balaban J connectivity index is 0.00000338. The van der Waals surface area contributed by atoms with Gasteiger partial charge in [0.25, 0.3) is 0 Å². The maximum absolute atomic E-state index is 11.8. The van der Waals surface area contributed by atoms with Gasteiger partial charge in [-0.3, -0.25) is 4.79 Å². The molecule has 0 atom stereocenters. The number of nitrogens with zero attached hydrogens (tertiary/aromatic N) is 2. The molecule has 6 heteroatoms. The van der Waals surface area contributed by atoms with Crippen LogP contribution in [0.3, 0.4) is 0 Å². The maximum Gasteiger partial charge on any atom is 0.241 e. The van der Waals surface area contributed by atoms with Crippen molar-refractivity contribution in [2.75, 3.05) is 20.6 Å². The molecular formula is C20H27IN4O. The average molecular weight is 466 g/mol. The third-order valence-corrected chi connectivity index (χ3v) is 3.71. The average Bonchev–Trinajstić information content (AvgIpc) is 2.61. The van der Waals surface area contributed by atoms with Crippen LogP contribution in [0.5, 0.6) is 0 Å². The molecule has 2 aromatic rings. The summed E-state index contributed by atoms with van der Waals surface area (Å²) in [5.41, 5.74) is 3.51. The van der Waals surface area contributed by atoms with E-state index in [1.165, 1.54) is 5.56 Å². The van der Waals surface area contributed by atoms with Crippen molar-refractivity contribution in [1.82, 2.24) is 15.5 Å². The van der Waals surface area contributed by atoms with E-state index in [4.69, 9.17) is 0 Å². The highest BCUT2D eigenvalue weighted by Crippen LogP contribution is 2.05. The molecule has 0 aliphatic rings. The Morgan fingerprint density at radius 1 is 1.00 bits per heavy atom. The van der Waals surface area contributed by atoms with Gasteiger partial charge in [-0.15, -0.1) is 24.0 Å². The number of hydrogen-bond acceptors (Lipinski definition) is 2. The Morgan fingerprint density at radius 3 is 2.35 bits per heavy atom. The third kappa shape index (κ3) is 7.86. The van der Waals surface area contributed by atoms with Crippen molar-refractivity contribution in [2.45, 2.75) is 20.0 Å². The minimum absolute atomic E-state index is 0. The van der Waals surface area contributed by atoms with Gasteiger partial charge in [-0.05, 0) is 18.1 Å². The number of nitrogens with one attached hydrogen (secondary N) is 2. The molecule has 0 radical (unpaired) electrons. The fourth-order valence-corrected chi connectivity index (χ4v) is 2.25. The fraction of sp³-hybridized carbons (Fsp3) is 0.300. The molecule has 0 aromatic heterocycles. The summed E-state index contributed by atoms with van der Waals surface area (Å²) < 4.78 is 0. The van der Waals surface area contributed by atoms with Gasteiger partial charge in [0, 0.05) is 20.6 Å². The summed E-state index contributed by atoms with van der Waals surface area (Å²) in [4.78, 5) is 18.0. The van der Waals surface area contributed by atoms with Gasteiger partial charge < -0.3 is 15.5 Å². The number of rotatable bonds is 6. The second-order valence-electron chi connectivity index (χ2n) is 6.13. The Labute approximate surface area is 172 Å². The molecule has 0 aliphatic carbocycles. The first kappa shape index (κ1) is 22.0. The highest BCUT2D eigenvalue weighted by Gasteiger charge is 2.06. The number of benzene rings is 2. The van der Waals surface area contributed by atoms with Gasteiger partial charge in [0.15, 0.2) is 5.96 Å². The van der Waals surface area contributed by atoms with E-state index < -0.39 is 0 Å². The van der Waals surface area contributed by atoms with Gasteiger partial charge >= 0.3 is 0 Å². The summed E-state index contributed by atoms with van der Waals surface area (Å²) in [5.74, 6) is 0.630. The van der Waals surface area contributed by atoms with E-state index >= 15 is 0 Å². The van der Waals surface area contributed by atoms with E-state index in [0.29, 0.717) is 19.0 Å². The molecule has 0 saturated heterocycles. The first-order chi connectivity index (χ1) is 12.0. The zero-order chi connectivity index (χ0) is 18.1. The van der Waals surface area contributed by atoms with Crippen LogP contribution in [0.2, 0.25) is 0 Å². The highest BCUT2D eigenvalue weighted by atomic mass is 127. The monoisotopic (exact) mass is 466 g/mol. The molecule has 0 unspecified atom stereocenters. The molecule has 2 N–H and O–H groups in total. The summed E-state index contributed by atoms with van der Waals surface area (Å²) >= 11 is 0. The van der Waals surface area contributed by atoms with Crippen molar-refractivity contribution in [2.24, 2.45) is 4.99 Å². The molecule has 0 fully saturated rings. The van der Waals surface area contributed by atoms with Crippen LogP contribution in [0.25, 0.3) is 0 Å². The van der Waals surface area contributed by atoms with Crippen LogP contribution in [0.1, 0.15) is 16.7 Å². The van der Waals surface area contributed by atoms with E-state index in [-0.39, 0.29) is 36.4 Å². The van der Waals surface area contributed by atoms with Crippen LogP contribution in [0.4, 0.5) is 0 Å². The Morgan fingerprint density at radius 2 is 1.69 bits per heavy atom. The van der Waals surface area contributed by atoms with Crippen molar-refractivity contribution in [3.63, 3.8) is 0 Å². The quantitative estimate of drug-likeness (QED) is 0.391.